The van der Waals surface area contributed by atoms with Crippen molar-refractivity contribution >= 4 is 5.91 Å². The van der Waals surface area contributed by atoms with Crippen LogP contribution in [0.15, 0.2) is 24.3 Å². The molecule has 1 aromatic carbocycles. The molecule has 0 saturated carbocycles. The van der Waals surface area contributed by atoms with E-state index >= 15 is 0 Å². The van der Waals surface area contributed by atoms with Gasteiger partial charge in [0.2, 0.25) is 0 Å². The third-order valence-electron chi connectivity index (χ3n) is 3.41. The number of amides is 1. The zero-order valence-corrected chi connectivity index (χ0v) is 13.7. The molecule has 1 rings (SSSR count). The molecule has 4 heteroatoms. The lowest BCUT2D eigenvalue weighted by Crippen LogP contribution is -2.40. The number of ether oxygens (including phenoxy) is 1. The molecule has 0 heterocycles. The fraction of sp³-hybridized carbons (Fsp3) is 0.588. The summed E-state index contributed by atoms with van der Waals surface area (Å²) in [5, 5.41) is 3.36. The number of rotatable bonds is 9. The van der Waals surface area contributed by atoms with Crippen LogP contribution in [0.4, 0.5) is 0 Å². The van der Waals surface area contributed by atoms with E-state index in [1.54, 1.807) is 11.8 Å². The number of carbonyl (C=O) groups excluding carboxylic acids is 1. The summed E-state index contributed by atoms with van der Waals surface area (Å²) in [6.07, 6.45) is 0.681. The average molecular weight is 292 g/mol. The molecule has 0 bridgehead atoms. The van der Waals surface area contributed by atoms with Gasteiger partial charge in [-0.15, -0.1) is 0 Å². The van der Waals surface area contributed by atoms with Crippen LogP contribution in [0, 0.1) is 0 Å². The maximum absolute atomic E-state index is 12.1. The Morgan fingerprint density at radius 3 is 2.33 bits per heavy atom. The van der Waals surface area contributed by atoms with Crippen molar-refractivity contribution in [3.8, 4) is 5.75 Å². The molecule has 1 aromatic rings. The van der Waals surface area contributed by atoms with E-state index in [4.69, 9.17) is 4.74 Å². The zero-order chi connectivity index (χ0) is 15.7. The van der Waals surface area contributed by atoms with Gasteiger partial charge in [-0.25, -0.2) is 0 Å². The third-order valence-corrected chi connectivity index (χ3v) is 3.41. The summed E-state index contributed by atoms with van der Waals surface area (Å²) in [7, 11) is 0. The maximum atomic E-state index is 12.1. The van der Waals surface area contributed by atoms with Crippen LogP contribution in [0.1, 0.15) is 39.7 Å². The molecule has 0 aliphatic rings. The SMILES string of the molecule is CCCNCc1ccc(OC(C)C(=O)N(CC)CC)cc1. The Labute approximate surface area is 128 Å². The standard InChI is InChI=1S/C17H28N2O2/c1-5-12-18-13-15-8-10-16(11-9-15)21-14(4)17(20)19(6-2)7-3/h8-11,14,18H,5-7,12-13H2,1-4H3. The van der Waals surface area contributed by atoms with Gasteiger partial charge < -0.3 is 15.0 Å². The van der Waals surface area contributed by atoms with Gasteiger partial charge in [-0.3, -0.25) is 4.79 Å². The van der Waals surface area contributed by atoms with E-state index < -0.39 is 6.10 Å². The van der Waals surface area contributed by atoms with Crippen molar-refractivity contribution in [3.63, 3.8) is 0 Å². The molecular formula is C17H28N2O2. The fourth-order valence-corrected chi connectivity index (χ4v) is 2.14. The number of benzene rings is 1. The van der Waals surface area contributed by atoms with E-state index in [0.717, 1.165) is 25.3 Å². The number of likely N-dealkylation sites (N-methyl/N-ethyl adjacent to an activating group) is 1. The van der Waals surface area contributed by atoms with Crippen LogP contribution in [-0.4, -0.2) is 36.5 Å². The van der Waals surface area contributed by atoms with Gasteiger partial charge in [-0.05, 0) is 51.4 Å². The number of carbonyl (C=O) groups is 1. The Morgan fingerprint density at radius 2 is 1.81 bits per heavy atom. The molecule has 118 valence electrons. The van der Waals surface area contributed by atoms with Crippen LogP contribution in [0.25, 0.3) is 0 Å². The second-order valence-corrected chi connectivity index (χ2v) is 5.09. The largest absolute Gasteiger partial charge is 0.481 e. The van der Waals surface area contributed by atoms with Crippen LogP contribution in [0.5, 0.6) is 5.75 Å². The summed E-state index contributed by atoms with van der Waals surface area (Å²) in [6.45, 7) is 11.2. The molecule has 0 spiro atoms. The fourth-order valence-electron chi connectivity index (χ4n) is 2.14. The van der Waals surface area contributed by atoms with Crippen molar-refractivity contribution in [2.45, 2.75) is 46.8 Å². The van der Waals surface area contributed by atoms with E-state index in [0.29, 0.717) is 13.1 Å². The Morgan fingerprint density at radius 1 is 1.19 bits per heavy atom. The minimum absolute atomic E-state index is 0.0358. The molecule has 0 aliphatic heterocycles. The number of nitrogens with one attached hydrogen (secondary N) is 1. The minimum atomic E-state index is -0.450. The van der Waals surface area contributed by atoms with Gasteiger partial charge in [0.25, 0.3) is 5.91 Å². The van der Waals surface area contributed by atoms with Crippen molar-refractivity contribution in [1.82, 2.24) is 10.2 Å². The quantitative estimate of drug-likeness (QED) is 0.712. The molecule has 0 radical (unpaired) electrons. The van der Waals surface area contributed by atoms with E-state index in [2.05, 4.69) is 12.2 Å². The molecular weight excluding hydrogens is 264 g/mol. The second-order valence-electron chi connectivity index (χ2n) is 5.09. The van der Waals surface area contributed by atoms with Gasteiger partial charge >= 0.3 is 0 Å². The first-order valence-electron chi connectivity index (χ1n) is 7.87. The Bertz CT molecular complexity index is 413. The highest BCUT2D eigenvalue weighted by Gasteiger charge is 2.19. The van der Waals surface area contributed by atoms with Crippen LogP contribution >= 0.6 is 0 Å². The lowest BCUT2D eigenvalue weighted by Gasteiger charge is -2.23. The van der Waals surface area contributed by atoms with Crippen molar-refractivity contribution < 1.29 is 9.53 Å². The van der Waals surface area contributed by atoms with Gasteiger partial charge in [0, 0.05) is 19.6 Å². The normalized spacial score (nSPS) is 12.0. The van der Waals surface area contributed by atoms with Gasteiger partial charge in [0.05, 0.1) is 0 Å². The Kier molecular flexibility index (Phi) is 7.83. The Hall–Kier alpha value is -1.55. The summed E-state index contributed by atoms with van der Waals surface area (Å²) in [4.78, 5) is 13.9. The molecule has 0 saturated heterocycles. The molecule has 0 aliphatic carbocycles. The maximum Gasteiger partial charge on any atom is 0.263 e. The summed E-state index contributed by atoms with van der Waals surface area (Å²) in [6, 6.07) is 7.92. The topological polar surface area (TPSA) is 41.6 Å². The van der Waals surface area contributed by atoms with E-state index in [1.807, 2.05) is 38.1 Å². The van der Waals surface area contributed by atoms with Gasteiger partial charge in [-0.2, -0.15) is 0 Å². The zero-order valence-electron chi connectivity index (χ0n) is 13.7. The smallest absolute Gasteiger partial charge is 0.263 e. The van der Waals surface area contributed by atoms with E-state index in [9.17, 15) is 4.79 Å². The summed E-state index contributed by atoms with van der Waals surface area (Å²) in [5.74, 6) is 0.774. The minimum Gasteiger partial charge on any atom is -0.481 e. The van der Waals surface area contributed by atoms with E-state index in [1.165, 1.54) is 5.56 Å². The number of nitrogens with zero attached hydrogens (tertiary/aromatic N) is 1. The highest BCUT2D eigenvalue weighted by atomic mass is 16.5. The molecule has 1 unspecified atom stereocenters. The highest BCUT2D eigenvalue weighted by molar-refractivity contribution is 5.80. The van der Waals surface area contributed by atoms with Gasteiger partial charge in [0.1, 0.15) is 5.75 Å². The number of hydrogen-bond acceptors (Lipinski definition) is 3. The first-order valence-corrected chi connectivity index (χ1v) is 7.87. The van der Waals surface area contributed by atoms with Crippen LogP contribution in [0.2, 0.25) is 0 Å². The van der Waals surface area contributed by atoms with E-state index in [-0.39, 0.29) is 5.91 Å². The van der Waals surface area contributed by atoms with Crippen LogP contribution < -0.4 is 10.1 Å². The summed E-state index contributed by atoms with van der Waals surface area (Å²) in [5.41, 5.74) is 1.22. The highest BCUT2D eigenvalue weighted by Crippen LogP contribution is 2.14. The second kappa shape index (κ2) is 9.40. The predicted octanol–water partition coefficient (Wildman–Crippen LogP) is 2.82. The van der Waals surface area contributed by atoms with Crippen molar-refractivity contribution in [3.05, 3.63) is 29.8 Å². The third kappa shape index (κ3) is 5.76. The first kappa shape index (κ1) is 17.5. The van der Waals surface area contributed by atoms with Crippen LogP contribution in [-0.2, 0) is 11.3 Å². The van der Waals surface area contributed by atoms with Crippen molar-refractivity contribution in [1.29, 1.82) is 0 Å². The Balaban J connectivity index is 2.52. The van der Waals surface area contributed by atoms with Crippen molar-refractivity contribution in [2.75, 3.05) is 19.6 Å². The lowest BCUT2D eigenvalue weighted by atomic mass is 10.2. The molecule has 0 fully saturated rings. The van der Waals surface area contributed by atoms with Crippen LogP contribution in [0.3, 0.4) is 0 Å². The summed E-state index contributed by atoms with van der Waals surface area (Å²) >= 11 is 0. The lowest BCUT2D eigenvalue weighted by molar-refractivity contribution is -0.137. The monoisotopic (exact) mass is 292 g/mol. The van der Waals surface area contributed by atoms with Gasteiger partial charge in [0.15, 0.2) is 6.10 Å². The molecule has 21 heavy (non-hydrogen) atoms. The molecule has 1 atom stereocenters. The average Bonchev–Trinajstić information content (AvgIpc) is 2.50. The molecule has 1 N–H and O–H groups in total. The number of hydrogen-bond donors (Lipinski definition) is 1. The molecule has 1 amide bonds. The summed E-state index contributed by atoms with van der Waals surface area (Å²) < 4.78 is 5.73. The van der Waals surface area contributed by atoms with Gasteiger partial charge in [-0.1, -0.05) is 19.1 Å². The predicted molar refractivity (Wildman–Crippen MR) is 86.5 cm³/mol. The molecule has 0 aromatic heterocycles. The molecule has 4 nitrogen and oxygen atoms in total. The first-order chi connectivity index (χ1) is 10.1. The van der Waals surface area contributed by atoms with Crippen molar-refractivity contribution in [2.24, 2.45) is 0 Å².